The van der Waals surface area contributed by atoms with Crippen molar-refractivity contribution in [1.29, 1.82) is 0 Å². The van der Waals surface area contributed by atoms with Crippen LogP contribution in [0.3, 0.4) is 0 Å². The number of benzene rings is 1. The number of aromatic nitrogens is 3. The number of nitrogens with zero attached hydrogens (tertiary/aromatic N) is 3. The molecular weight excluding hydrogens is 304 g/mol. The smallest absolute Gasteiger partial charge is 0.273 e. The molecule has 0 saturated heterocycles. The highest BCUT2D eigenvalue weighted by Gasteiger charge is 2.23. The lowest BCUT2D eigenvalue weighted by Crippen LogP contribution is -2.41. The second kappa shape index (κ2) is 5.96. The van der Waals surface area contributed by atoms with E-state index in [1.54, 1.807) is 6.07 Å². The first kappa shape index (κ1) is 14.7. The van der Waals surface area contributed by atoms with Crippen LogP contribution in [-0.2, 0) is 13.0 Å². The molecular formula is C18H18N4O2. The van der Waals surface area contributed by atoms with Gasteiger partial charge in [-0.05, 0) is 13.3 Å². The molecule has 6 heteroatoms. The number of hydrogen-bond donors (Lipinski definition) is 1. The number of aryl methyl sites for hydroxylation is 2. The van der Waals surface area contributed by atoms with E-state index in [1.165, 1.54) is 0 Å². The molecule has 0 saturated carbocycles. The van der Waals surface area contributed by atoms with E-state index in [4.69, 9.17) is 4.52 Å². The van der Waals surface area contributed by atoms with Gasteiger partial charge in [0.05, 0.1) is 5.69 Å². The van der Waals surface area contributed by atoms with Crippen LogP contribution in [0.1, 0.15) is 28.4 Å². The first-order valence-electron chi connectivity index (χ1n) is 8.05. The predicted octanol–water partition coefficient (Wildman–Crippen LogP) is 2.59. The molecule has 1 aliphatic heterocycles. The molecule has 2 aromatic heterocycles. The van der Waals surface area contributed by atoms with Crippen LogP contribution in [0.2, 0.25) is 0 Å². The van der Waals surface area contributed by atoms with Crippen molar-refractivity contribution in [2.45, 2.75) is 32.4 Å². The van der Waals surface area contributed by atoms with Crippen LogP contribution in [0.15, 0.2) is 47.1 Å². The van der Waals surface area contributed by atoms with Gasteiger partial charge in [-0.25, -0.2) is 4.98 Å². The maximum Gasteiger partial charge on any atom is 0.273 e. The zero-order chi connectivity index (χ0) is 16.5. The molecule has 1 N–H and O–H groups in total. The number of rotatable bonds is 3. The Labute approximate surface area is 139 Å². The maximum atomic E-state index is 12.4. The van der Waals surface area contributed by atoms with Crippen LogP contribution in [0.5, 0.6) is 0 Å². The number of hydrogen-bond acceptors (Lipinski definition) is 4. The minimum Gasteiger partial charge on any atom is -0.355 e. The Balaban J connectivity index is 1.45. The van der Waals surface area contributed by atoms with Gasteiger partial charge in [0.15, 0.2) is 11.5 Å². The fourth-order valence-electron chi connectivity index (χ4n) is 3.08. The number of amides is 1. The average molecular weight is 322 g/mol. The molecule has 0 spiro atoms. The number of carbonyl (C=O) groups excluding carboxylic acids is 1. The summed E-state index contributed by atoms with van der Waals surface area (Å²) in [5, 5.41) is 6.94. The molecule has 122 valence electrons. The SMILES string of the molecule is Cc1cn2c(n1)CC[C@H](NC(=O)c1cc(-c3ccccc3)on1)C2. The summed E-state index contributed by atoms with van der Waals surface area (Å²) in [6.07, 6.45) is 3.77. The highest BCUT2D eigenvalue weighted by Crippen LogP contribution is 2.20. The van der Waals surface area contributed by atoms with Crippen molar-refractivity contribution >= 4 is 5.91 Å². The zero-order valence-corrected chi connectivity index (χ0v) is 13.4. The Bertz CT molecular complexity index is 866. The van der Waals surface area contributed by atoms with E-state index in [0.717, 1.165) is 36.5 Å². The first-order chi connectivity index (χ1) is 11.7. The predicted molar refractivity (Wildman–Crippen MR) is 88.5 cm³/mol. The van der Waals surface area contributed by atoms with Gasteiger partial charge in [0.25, 0.3) is 5.91 Å². The van der Waals surface area contributed by atoms with E-state index in [-0.39, 0.29) is 11.9 Å². The highest BCUT2D eigenvalue weighted by atomic mass is 16.5. The largest absolute Gasteiger partial charge is 0.355 e. The molecule has 24 heavy (non-hydrogen) atoms. The van der Waals surface area contributed by atoms with Gasteiger partial charge >= 0.3 is 0 Å². The fourth-order valence-corrected chi connectivity index (χ4v) is 3.08. The van der Waals surface area contributed by atoms with Crippen molar-refractivity contribution in [3.05, 3.63) is 59.8 Å². The molecule has 6 nitrogen and oxygen atoms in total. The molecule has 1 amide bonds. The Morgan fingerprint density at radius 2 is 2.17 bits per heavy atom. The molecule has 1 atom stereocenters. The summed E-state index contributed by atoms with van der Waals surface area (Å²) in [5.74, 6) is 1.48. The molecule has 4 rings (SSSR count). The second-order valence-electron chi connectivity index (χ2n) is 6.10. The third-order valence-electron chi connectivity index (χ3n) is 4.25. The van der Waals surface area contributed by atoms with E-state index in [9.17, 15) is 4.79 Å². The van der Waals surface area contributed by atoms with Gasteiger partial charge in [-0.3, -0.25) is 4.79 Å². The van der Waals surface area contributed by atoms with Gasteiger partial charge in [-0.1, -0.05) is 35.5 Å². The van der Waals surface area contributed by atoms with Gasteiger partial charge in [0.2, 0.25) is 0 Å². The normalized spacial score (nSPS) is 16.6. The second-order valence-corrected chi connectivity index (χ2v) is 6.10. The van der Waals surface area contributed by atoms with E-state index in [0.29, 0.717) is 11.5 Å². The van der Waals surface area contributed by atoms with Crippen LogP contribution < -0.4 is 5.32 Å². The Hall–Kier alpha value is -2.89. The summed E-state index contributed by atoms with van der Waals surface area (Å²) in [7, 11) is 0. The third-order valence-corrected chi connectivity index (χ3v) is 4.25. The van der Waals surface area contributed by atoms with Gasteiger partial charge in [0, 0.05) is 36.8 Å². The molecule has 3 aromatic rings. The van der Waals surface area contributed by atoms with E-state index in [1.807, 2.05) is 43.5 Å². The summed E-state index contributed by atoms with van der Waals surface area (Å²) in [6, 6.07) is 11.4. The number of fused-ring (bicyclic) bond motifs is 1. The van der Waals surface area contributed by atoms with Crippen molar-refractivity contribution in [2.75, 3.05) is 0 Å². The highest BCUT2D eigenvalue weighted by molar-refractivity contribution is 5.93. The number of nitrogens with one attached hydrogen (secondary N) is 1. The molecule has 0 fully saturated rings. The first-order valence-corrected chi connectivity index (χ1v) is 8.05. The topological polar surface area (TPSA) is 73.0 Å². The summed E-state index contributed by atoms with van der Waals surface area (Å²) in [6.45, 7) is 2.73. The molecule has 0 aliphatic carbocycles. The molecule has 1 aromatic carbocycles. The Morgan fingerprint density at radius 3 is 3.00 bits per heavy atom. The molecule has 0 unspecified atom stereocenters. The van der Waals surface area contributed by atoms with Gasteiger partial charge in [-0.2, -0.15) is 0 Å². The van der Waals surface area contributed by atoms with E-state index < -0.39 is 0 Å². The van der Waals surface area contributed by atoms with Crippen LogP contribution in [0.4, 0.5) is 0 Å². The van der Waals surface area contributed by atoms with Gasteiger partial charge in [-0.15, -0.1) is 0 Å². The van der Waals surface area contributed by atoms with Crippen molar-refractivity contribution < 1.29 is 9.32 Å². The van der Waals surface area contributed by atoms with Gasteiger partial charge < -0.3 is 14.4 Å². The zero-order valence-electron chi connectivity index (χ0n) is 13.4. The Kier molecular flexibility index (Phi) is 3.65. The summed E-state index contributed by atoms with van der Waals surface area (Å²) >= 11 is 0. The van der Waals surface area contributed by atoms with E-state index >= 15 is 0 Å². The lowest BCUT2D eigenvalue weighted by Gasteiger charge is -2.24. The minimum atomic E-state index is -0.203. The molecule has 0 bridgehead atoms. The molecule has 0 radical (unpaired) electrons. The van der Waals surface area contributed by atoms with Crippen molar-refractivity contribution in [2.24, 2.45) is 0 Å². The Morgan fingerprint density at radius 1 is 1.33 bits per heavy atom. The van der Waals surface area contributed by atoms with Crippen LogP contribution in [0.25, 0.3) is 11.3 Å². The monoisotopic (exact) mass is 322 g/mol. The van der Waals surface area contributed by atoms with Crippen LogP contribution >= 0.6 is 0 Å². The van der Waals surface area contributed by atoms with Crippen molar-refractivity contribution in [3.8, 4) is 11.3 Å². The number of carbonyl (C=O) groups is 1. The summed E-state index contributed by atoms with van der Waals surface area (Å²) < 4.78 is 7.41. The van der Waals surface area contributed by atoms with Crippen LogP contribution in [0, 0.1) is 6.92 Å². The van der Waals surface area contributed by atoms with Crippen molar-refractivity contribution in [3.63, 3.8) is 0 Å². The van der Waals surface area contributed by atoms with Gasteiger partial charge in [0.1, 0.15) is 5.82 Å². The van der Waals surface area contributed by atoms with Crippen molar-refractivity contribution in [1.82, 2.24) is 20.0 Å². The fraction of sp³-hybridized carbons (Fsp3) is 0.278. The quantitative estimate of drug-likeness (QED) is 0.804. The standard InChI is InChI=1S/C18H18N4O2/c1-12-10-22-11-14(7-8-17(22)19-12)20-18(23)15-9-16(24-21-15)13-5-3-2-4-6-13/h2-6,9-10,14H,7-8,11H2,1H3,(H,20,23)/t14-/m0/s1. The van der Waals surface area contributed by atoms with E-state index in [2.05, 4.69) is 20.0 Å². The lowest BCUT2D eigenvalue weighted by atomic mass is 10.1. The third kappa shape index (κ3) is 2.82. The molecule has 3 heterocycles. The van der Waals surface area contributed by atoms with Crippen LogP contribution in [-0.4, -0.2) is 26.7 Å². The minimum absolute atomic E-state index is 0.0791. The lowest BCUT2D eigenvalue weighted by molar-refractivity contribution is 0.0918. The summed E-state index contributed by atoms with van der Waals surface area (Å²) in [5.41, 5.74) is 2.22. The number of imidazole rings is 1. The maximum absolute atomic E-state index is 12.4. The molecule has 1 aliphatic rings. The average Bonchev–Trinajstić information content (AvgIpc) is 3.21. The summed E-state index contributed by atoms with van der Waals surface area (Å²) in [4.78, 5) is 16.9.